The molecule has 0 fully saturated rings. The number of benzene rings is 2. The van der Waals surface area contributed by atoms with E-state index in [1.165, 1.54) is 23.9 Å². The van der Waals surface area contributed by atoms with Crippen LogP contribution in [-0.4, -0.2) is 30.7 Å². The number of ether oxygens (including phenoxy) is 1. The van der Waals surface area contributed by atoms with Gasteiger partial charge in [0.2, 0.25) is 11.8 Å². The van der Waals surface area contributed by atoms with Crippen LogP contribution in [0, 0.1) is 11.2 Å². The van der Waals surface area contributed by atoms with Gasteiger partial charge in [-0.1, -0.05) is 6.08 Å². The summed E-state index contributed by atoms with van der Waals surface area (Å²) >= 11 is 1.32. The SMILES string of the molecule is C=CCN1C(=O)C(C)(C)COc2cc(NC(=O)CSc3ccc(F)cc3)ccc21. The number of nitrogens with zero attached hydrogens (tertiary/aromatic N) is 1. The van der Waals surface area contributed by atoms with Gasteiger partial charge in [0.05, 0.1) is 16.9 Å². The molecule has 0 aliphatic carbocycles. The number of nitrogens with one attached hydrogen (secondary N) is 1. The molecule has 0 atom stereocenters. The minimum absolute atomic E-state index is 0.0383. The summed E-state index contributed by atoms with van der Waals surface area (Å²) < 4.78 is 18.8. The molecular formula is C22H23FN2O3S. The zero-order valence-corrected chi connectivity index (χ0v) is 17.2. The molecule has 0 radical (unpaired) electrons. The predicted octanol–water partition coefficient (Wildman–Crippen LogP) is 4.49. The van der Waals surface area contributed by atoms with Crippen molar-refractivity contribution in [3.63, 3.8) is 0 Å². The summed E-state index contributed by atoms with van der Waals surface area (Å²) in [7, 11) is 0. The van der Waals surface area contributed by atoms with Gasteiger partial charge in [0.15, 0.2) is 0 Å². The molecule has 2 aromatic rings. The molecule has 0 unspecified atom stereocenters. The summed E-state index contributed by atoms with van der Waals surface area (Å²) in [4.78, 5) is 27.6. The summed E-state index contributed by atoms with van der Waals surface area (Å²) in [6.45, 7) is 8.03. The van der Waals surface area contributed by atoms with Gasteiger partial charge in [0, 0.05) is 23.2 Å². The third-order valence-electron chi connectivity index (χ3n) is 4.44. The number of anilines is 2. The maximum absolute atomic E-state index is 13.0. The Balaban J connectivity index is 1.71. The fourth-order valence-electron chi connectivity index (χ4n) is 2.91. The van der Waals surface area contributed by atoms with Crippen molar-refractivity contribution in [3.05, 3.63) is 60.9 Å². The Bertz CT molecular complexity index is 928. The van der Waals surface area contributed by atoms with Crippen molar-refractivity contribution in [1.82, 2.24) is 0 Å². The normalized spacial score (nSPS) is 15.1. The molecule has 7 heteroatoms. The average Bonchev–Trinajstić information content (AvgIpc) is 2.78. The van der Waals surface area contributed by atoms with E-state index in [1.807, 2.05) is 13.8 Å². The summed E-state index contributed by atoms with van der Waals surface area (Å²) in [6.07, 6.45) is 1.67. The van der Waals surface area contributed by atoms with Crippen molar-refractivity contribution < 1.29 is 18.7 Å². The van der Waals surface area contributed by atoms with E-state index in [2.05, 4.69) is 11.9 Å². The zero-order valence-electron chi connectivity index (χ0n) is 16.4. The average molecular weight is 415 g/mol. The van der Waals surface area contributed by atoms with Crippen LogP contribution in [0.1, 0.15) is 13.8 Å². The van der Waals surface area contributed by atoms with E-state index in [0.717, 1.165) is 4.90 Å². The van der Waals surface area contributed by atoms with Crippen molar-refractivity contribution in [2.75, 3.05) is 29.1 Å². The molecule has 1 heterocycles. The number of carbonyl (C=O) groups is 2. The molecule has 0 bridgehead atoms. The molecule has 5 nitrogen and oxygen atoms in total. The van der Waals surface area contributed by atoms with Gasteiger partial charge in [-0.05, 0) is 50.2 Å². The van der Waals surface area contributed by atoms with Gasteiger partial charge in [-0.25, -0.2) is 4.39 Å². The highest BCUT2D eigenvalue weighted by Gasteiger charge is 2.37. The predicted molar refractivity (Wildman–Crippen MR) is 114 cm³/mol. The van der Waals surface area contributed by atoms with Crippen LogP contribution in [0.2, 0.25) is 0 Å². The summed E-state index contributed by atoms with van der Waals surface area (Å²) in [5.74, 6) is 0.194. The lowest BCUT2D eigenvalue weighted by atomic mass is 9.93. The van der Waals surface area contributed by atoms with E-state index in [9.17, 15) is 14.0 Å². The Morgan fingerprint density at radius 3 is 2.72 bits per heavy atom. The molecule has 152 valence electrons. The van der Waals surface area contributed by atoms with E-state index in [0.29, 0.717) is 23.7 Å². The number of carbonyl (C=O) groups excluding carboxylic acids is 2. The van der Waals surface area contributed by atoms with Crippen molar-refractivity contribution in [3.8, 4) is 5.75 Å². The smallest absolute Gasteiger partial charge is 0.236 e. The van der Waals surface area contributed by atoms with Crippen molar-refractivity contribution >= 4 is 35.0 Å². The van der Waals surface area contributed by atoms with Gasteiger partial charge in [-0.15, -0.1) is 18.3 Å². The molecule has 29 heavy (non-hydrogen) atoms. The molecule has 2 amide bonds. The third kappa shape index (κ3) is 4.98. The van der Waals surface area contributed by atoms with Crippen LogP contribution in [0.5, 0.6) is 5.75 Å². The topological polar surface area (TPSA) is 58.6 Å². The monoisotopic (exact) mass is 414 g/mol. The highest BCUT2D eigenvalue weighted by atomic mass is 32.2. The summed E-state index contributed by atoms with van der Waals surface area (Å²) in [6, 6.07) is 11.2. The highest BCUT2D eigenvalue weighted by Crippen LogP contribution is 2.38. The molecule has 0 saturated carbocycles. The molecule has 0 spiro atoms. The lowest BCUT2D eigenvalue weighted by molar-refractivity contribution is -0.127. The van der Waals surface area contributed by atoms with E-state index < -0.39 is 5.41 Å². The first-order valence-corrected chi connectivity index (χ1v) is 10.2. The van der Waals surface area contributed by atoms with Crippen molar-refractivity contribution in [2.24, 2.45) is 5.41 Å². The second kappa shape index (κ2) is 8.69. The Kier molecular flexibility index (Phi) is 6.27. The number of hydrogen-bond donors (Lipinski definition) is 1. The fourth-order valence-corrected chi connectivity index (χ4v) is 3.61. The molecule has 0 aromatic heterocycles. The van der Waals surface area contributed by atoms with Crippen molar-refractivity contribution in [1.29, 1.82) is 0 Å². The molecular weight excluding hydrogens is 391 g/mol. The largest absolute Gasteiger partial charge is 0.490 e. The van der Waals surface area contributed by atoms with Crippen LogP contribution >= 0.6 is 11.8 Å². The second-order valence-electron chi connectivity index (χ2n) is 7.35. The quantitative estimate of drug-likeness (QED) is 0.559. The first-order chi connectivity index (χ1) is 13.8. The number of thioether (sulfide) groups is 1. The number of fused-ring (bicyclic) bond motifs is 1. The van der Waals surface area contributed by atoms with E-state index in [-0.39, 0.29) is 30.0 Å². The Morgan fingerprint density at radius 1 is 1.31 bits per heavy atom. The summed E-state index contributed by atoms with van der Waals surface area (Å²) in [5.41, 5.74) is 0.565. The van der Waals surface area contributed by atoms with E-state index in [1.54, 1.807) is 41.3 Å². The first kappa shape index (κ1) is 20.9. The molecule has 0 saturated heterocycles. The standard InChI is InChI=1S/C22H23FN2O3S/c1-4-11-25-18-10-7-16(12-19(18)28-14-22(2,3)21(25)27)24-20(26)13-29-17-8-5-15(23)6-9-17/h4-10,12H,1,11,13-14H2,2-3H3,(H,24,26). The molecule has 2 aromatic carbocycles. The molecule has 1 N–H and O–H groups in total. The van der Waals surface area contributed by atoms with Gasteiger partial charge < -0.3 is 15.0 Å². The van der Waals surface area contributed by atoms with E-state index >= 15 is 0 Å². The maximum Gasteiger partial charge on any atom is 0.236 e. The second-order valence-corrected chi connectivity index (χ2v) is 8.40. The first-order valence-electron chi connectivity index (χ1n) is 9.18. The lowest BCUT2D eigenvalue weighted by Gasteiger charge is -2.27. The van der Waals surface area contributed by atoms with Crippen LogP contribution < -0.4 is 15.0 Å². The minimum atomic E-state index is -0.669. The lowest BCUT2D eigenvalue weighted by Crippen LogP contribution is -2.42. The van der Waals surface area contributed by atoms with E-state index in [4.69, 9.17) is 4.74 Å². The van der Waals surface area contributed by atoms with Gasteiger partial charge in [-0.2, -0.15) is 0 Å². The van der Waals surface area contributed by atoms with Gasteiger partial charge >= 0.3 is 0 Å². The van der Waals surface area contributed by atoms with Crippen molar-refractivity contribution in [2.45, 2.75) is 18.7 Å². The number of halogens is 1. The fraction of sp³-hybridized carbons (Fsp3) is 0.273. The number of amides is 2. The zero-order chi connectivity index (χ0) is 21.0. The maximum atomic E-state index is 13.0. The highest BCUT2D eigenvalue weighted by molar-refractivity contribution is 8.00. The number of hydrogen-bond acceptors (Lipinski definition) is 4. The van der Waals surface area contributed by atoms with Crippen LogP contribution in [-0.2, 0) is 9.59 Å². The third-order valence-corrected chi connectivity index (χ3v) is 5.45. The molecule has 3 rings (SSSR count). The summed E-state index contributed by atoms with van der Waals surface area (Å²) in [5, 5.41) is 2.84. The van der Waals surface area contributed by atoms with Crippen LogP contribution in [0.3, 0.4) is 0 Å². The Morgan fingerprint density at radius 2 is 2.03 bits per heavy atom. The van der Waals surface area contributed by atoms with Gasteiger partial charge in [0.1, 0.15) is 18.2 Å². The molecule has 1 aliphatic rings. The molecule has 1 aliphatic heterocycles. The van der Waals surface area contributed by atoms with Gasteiger partial charge in [-0.3, -0.25) is 9.59 Å². The van der Waals surface area contributed by atoms with Crippen LogP contribution in [0.4, 0.5) is 15.8 Å². The van der Waals surface area contributed by atoms with Gasteiger partial charge in [0.25, 0.3) is 0 Å². The Hall–Kier alpha value is -2.80. The van der Waals surface area contributed by atoms with Crippen LogP contribution in [0.15, 0.2) is 60.0 Å². The Labute approximate surface area is 173 Å². The number of rotatable bonds is 6. The minimum Gasteiger partial charge on any atom is -0.490 e. The van der Waals surface area contributed by atoms with Crippen LogP contribution in [0.25, 0.3) is 0 Å².